The van der Waals surface area contributed by atoms with E-state index in [4.69, 9.17) is 4.74 Å². The van der Waals surface area contributed by atoms with E-state index >= 15 is 0 Å². The van der Waals surface area contributed by atoms with Crippen LogP contribution in [0.1, 0.15) is 10.6 Å². The van der Waals surface area contributed by atoms with Crippen molar-refractivity contribution in [3.63, 3.8) is 0 Å². The molecule has 0 aliphatic heterocycles. The highest BCUT2D eigenvalue weighted by molar-refractivity contribution is 7.13. The van der Waals surface area contributed by atoms with E-state index in [-0.39, 0.29) is 5.75 Å². The molecule has 4 aromatic rings. The van der Waals surface area contributed by atoms with Crippen molar-refractivity contribution < 1.29 is 9.84 Å². The molecule has 24 heavy (non-hydrogen) atoms. The molecule has 0 saturated heterocycles. The number of thiazole rings is 2. The topological polar surface area (TPSA) is 71.0 Å². The van der Waals surface area contributed by atoms with Gasteiger partial charge in [-0.3, -0.25) is 0 Å². The fourth-order valence-corrected chi connectivity index (χ4v) is 4.01. The van der Waals surface area contributed by atoms with Crippen molar-refractivity contribution in [1.82, 2.24) is 15.0 Å². The molecule has 122 valence electrons. The number of nitrogens with zero attached hydrogens (tertiary/aromatic N) is 2. The Bertz CT molecular complexity index is 973. The first-order valence-corrected chi connectivity index (χ1v) is 9.24. The quantitative estimate of drug-likeness (QED) is 0.556. The van der Waals surface area contributed by atoms with Crippen LogP contribution in [-0.2, 0) is 6.42 Å². The number of nitrogens with one attached hydrogen (secondary N) is 1. The molecule has 7 heteroatoms. The number of benzene rings is 1. The third-order valence-electron chi connectivity index (χ3n) is 3.80. The maximum absolute atomic E-state index is 9.82. The Balaban J connectivity index is 1.68. The molecule has 3 aromatic heterocycles. The maximum atomic E-state index is 9.82. The molecule has 0 saturated carbocycles. The number of hydrogen-bond acceptors (Lipinski definition) is 6. The molecular formula is C17H15N3O2S2. The minimum Gasteiger partial charge on any atom is -0.508 e. The lowest BCUT2D eigenvalue weighted by Crippen LogP contribution is -2.01. The Morgan fingerprint density at radius 1 is 1.25 bits per heavy atom. The molecule has 0 fully saturated rings. The summed E-state index contributed by atoms with van der Waals surface area (Å²) in [5.74, 6) is 0.952. The molecule has 3 heterocycles. The molecule has 4 rings (SSSR count). The number of aromatic nitrogens is 3. The number of phenolic OH excluding ortho intramolecular Hbond substituents is 1. The third-order valence-corrected chi connectivity index (χ3v) is 5.59. The van der Waals surface area contributed by atoms with Crippen LogP contribution < -0.4 is 4.74 Å². The summed E-state index contributed by atoms with van der Waals surface area (Å²) in [7, 11) is 0. The molecule has 0 unspecified atom stereocenters. The average molecular weight is 357 g/mol. The molecule has 0 aliphatic carbocycles. The molecule has 2 N–H and O–H groups in total. The molecule has 0 atom stereocenters. The van der Waals surface area contributed by atoms with Gasteiger partial charge in [0.2, 0.25) is 0 Å². The summed E-state index contributed by atoms with van der Waals surface area (Å²) in [4.78, 5) is 13.2. The fourth-order valence-electron chi connectivity index (χ4n) is 2.61. The number of phenols is 1. The highest BCUT2D eigenvalue weighted by Crippen LogP contribution is 2.39. The first-order valence-electron chi connectivity index (χ1n) is 7.48. The van der Waals surface area contributed by atoms with Gasteiger partial charge in [-0.1, -0.05) is 0 Å². The van der Waals surface area contributed by atoms with Gasteiger partial charge in [-0.15, -0.1) is 22.7 Å². The summed E-state index contributed by atoms with van der Waals surface area (Å²) in [5.41, 5.74) is 4.68. The molecule has 0 aliphatic rings. The van der Waals surface area contributed by atoms with Crippen molar-refractivity contribution in [3.05, 3.63) is 45.9 Å². The predicted molar refractivity (Wildman–Crippen MR) is 97.1 cm³/mol. The molecule has 0 amide bonds. The van der Waals surface area contributed by atoms with E-state index < -0.39 is 0 Å². The van der Waals surface area contributed by atoms with Gasteiger partial charge in [0.15, 0.2) is 5.75 Å². The molecule has 0 radical (unpaired) electrons. The fraction of sp³-hybridized carbons (Fsp3) is 0.176. The lowest BCUT2D eigenvalue weighted by atomic mass is 10.2. The minimum atomic E-state index is 0.218. The van der Waals surface area contributed by atoms with Crippen molar-refractivity contribution in [2.75, 3.05) is 6.61 Å². The molecule has 0 bridgehead atoms. The molecule has 0 spiro atoms. The maximum Gasteiger partial charge on any atom is 0.155 e. The average Bonchev–Trinajstić information content (AvgIpc) is 3.28. The smallest absolute Gasteiger partial charge is 0.155 e. The number of ether oxygens (including phenoxy) is 1. The number of aromatic amines is 1. The number of hydrogen-bond donors (Lipinski definition) is 2. The van der Waals surface area contributed by atoms with Crippen molar-refractivity contribution in [2.45, 2.75) is 13.3 Å². The van der Waals surface area contributed by atoms with Crippen LogP contribution in [0.5, 0.6) is 11.5 Å². The molecule has 1 aromatic carbocycles. The molecular weight excluding hydrogens is 342 g/mol. The van der Waals surface area contributed by atoms with E-state index in [9.17, 15) is 5.11 Å². The number of fused-ring (bicyclic) bond motifs is 1. The summed E-state index contributed by atoms with van der Waals surface area (Å²) in [6.45, 7) is 2.56. The van der Waals surface area contributed by atoms with Gasteiger partial charge >= 0.3 is 0 Å². The van der Waals surface area contributed by atoms with Crippen LogP contribution in [0.4, 0.5) is 0 Å². The van der Waals surface area contributed by atoms with Crippen LogP contribution in [0.3, 0.4) is 0 Å². The number of H-pyrrole nitrogens is 1. The monoisotopic (exact) mass is 357 g/mol. The molecule has 5 nitrogen and oxygen atoms in total. The zero-order chi connectivity index (χ0) is 16.5. The van der Waals surface area contributed by atoms with Gasteiger partial charge in [0.25, 0.3) is 0 Å². The summed E-state index contributed by atoms with van der Waals surface area (Å²) in [5, 5.41) is 13.5. The van der Waals surface area contributed by atoms with Gasteiger partial charge < -0.3 is 14.8 Å². The third kappa shape index (κ3) is 2.76. The number of aromatic hydroxyl groups is 1. The van der Waals surface area contributed by atoms with Crippen LogP contribution in [-0.4, -0.2) is 26.7 Å². The van der Waals surface area contributed by atoms with Crippen molar-refractivity contribution >= 4 is 33.6 Å². The van der Waals surface area contributed by atoms with Gasteiger partial charge in [-0.25, -0.2) is 9.97 Å². The van der Waals surface area contributed by atoms with E-state index in [1.807, 2.05) is 23.9 Å². The summed E-state index contributed by atoms with van der Waals surface area (Å²) in [6, 6.07) is 5.23. The summed E-state index contributed by atoms with van der Waals surface area (Å²) in [6.07, 6.45) is 2.58. The van der Waals surface area contributed by atoms with Crippen molar-refractivity contribution in [3.8, 4) is 22.2 Å². The lowest BCUT2D eigenvalue weighted by molar-refractivity contribution is 0.327. The van der Waals surface area contributed by atoms with Gasteiger partial charge in [0, 0.05) is 28.3 Å². The van der Waals surface area contributed by atoms with E-state index in [0.717, 1.165) is 39.5 Å². The summed E-state index contributed by atoms with van der Waals surface area (Å²) >= 11 is 3.20. The van der Waals surface area contributed by atoms with Crippen molar-refractivity contribution in [2.24, 2.45) is 0 Å². The zero-order valence-electron chi connectivity index (χ0n) is 12.9. The first kappa shape index (κ1) is 15.2. The second kappa shape index (κ2) is 6.26. The highest BCUT2D eigenvalue weighted by atomic mass is 32.1. The van der Waals surface area contributed by atoms with Gasteiger partial charge in [0.1, 0.15) is 16.5 Å². The number of rotatable bonds is 5. The van der Waals surface area contributed by atoms with Crippen LogP contribution in [0.15, 0.2) is 35.3 Å². The van der Waals surface area contributed by atoms with Crippen molar-refractivity contribution in [1.29, 1.82) is 0 Å². The Morgan fingerprint density at radius 2 is 2.17 bits per heavy atom. The van der Waals surface area contributed by atoms with Gasteiger partial charge in [0.05, 0.1) is 23.3 Å². The summed E-state index contributed by atoms with van der Waals surface area (Å²) < 4.78 is 6.10. The standard InChI is InChI=1S/C17H15N3O2S2/c1-10-14(24-9-19-10)4-6-22-16-12-8-11(21)2-3-13(12)20-15(16)17-18-5-7-23-17/h2-3,5,7-9,20-21H,4,6H2,1H3. The SMILES string of the molecule is Cc1ncsc1CCOc1c(-c2nccs2)[nH]c2ccc(O)cc12. The second-order valence-corrected chi connectivity index (χ2v) is 7.19. The largest absolute Gasteiger partial charge is 0.508 e. The minimum absolute atomic E-state index is 0.218. The Kier molecular flexibility index (Phi) is 3.95. The zero-order valence-corrected chi connectivity index (χ0v) is 14.6. The number of aryl methyl sites for hydroxylation is 1. The van der Waals surface area contributed by atoms with Crippen LogP contribution in [0.25, 0.3) is 21.6 Å². The first-order chi connectivity index (χ1) is 11.7. The van der Waals surface area contributed by atoms with Crippen LogP contribution in [0.2, 0.25) is 0 Å². The van der Waals surface area contributed by atoms with Crippen LogP contribution in [0, 0.1) is 6.92 Å². The Morgan fingerprint density at radius 3 is 2.92 bits per heavy atom. The van der Waals surface area contributed by atoms with E-state index in [1.54, 1.807) is 41.0 Å². The Hall–Kier alpha value is -2.38. The highest BCUT2D eigenvalue weighted by Gasteiger charge is 2.17. The van der Waals surface area contributed by atoms with E-state index in [0.29, 0.717) is 6.61 Å². The van der Waals surface area contributed by atoms with Crippen LogP contribution >= 0.6 is 22.7 Å². The van der Waals surface area contributed by atoms with E-state index in [1.165, 1.54) is 4.88 Å². The second-order valence-electron chi connectivity index (χ2n) is 5.36. The van der Waals surface area contributed by atoms with Gasteiger partial charge in [-0.05, 0) is 25.1 Å². The Labute approximate surface area is 146 Å². The van der Waals surface area contributed by atoms with E-state index in [2.05, 4.69) is 15.0 Å². The lowest BCUT2D eigenvalue weighted by Gasteiger charge is -2.07. The normalized spacial score (nSPS) is 11.2. The predicted octanol–water partition coefficient (Wildman–Crippen LogP) is 4.38. The van der Waals surface area contributed by atoms with Gasteiger partial charge in [-0.2, -0.15) is 0 Å².